The highest BCUT2D eigenvalue weighted by Crippen LogP contribution is 2.30. The summed E-state index contributed by atoms with van der Waals surface area (Å²) in [7, 11) is 6.75. The van der Waals surface area contributed by atoms with Crippen LogP contribution in [-0.2, 0) is 4.79 Å². The van der Waals surface area contributed by atoms with Crippen molar-refractivity contribution in [1.82, 2.24) is 9.88 Å². The van der Waals surface area contributed by atoms with Crippen LogP contribution in [0.5, 0.6) is 5.75 Å². The van der Waals surface area contributed by atoms with Gasteiger partial charge in [0.05, 0.1) is 24.9 Å². The predicted molar refractivity (Wildman–Crippen MR) is 137 cm³/mol. The average molecular weight is 496 g/mol. The standard InChI is InChI=1S/C25H26ClN5O4/c1-30(2)15-22(32)31(3)18-10-8-16(9-11-18)24(33)29-23-19(6-5-7-20(23)35-4)25(34)28-21-14-17(26)12-13-27-21/h5-14H,15H2,1-4H3,(H,29,33)(H,27,28,34). The Hall–Kier alpha value is -3.95. The Kier molecular flexibility index (Phi) is 8.40. The Labute approximate surface area is 208 Å². The molecule has 1 heterocycles. The van der Waals surface area contributed by atoms with E-state index < -0.39 is 11.8 Å². The maximum atomic E-state index is 13.0. The van der Waals surface area contributed by atoms with E-state index in [4.69, 9.17) is 16.3 Å². The van der Waals surface area contributed by atoms with E-state index in [2.05, 4.69) is 15.6 Å². The molecule has 0 fully saturated rings. The van der Waals surface area contributed by atoms with E-state index in [1.54, 1.807) is 60.5 Å². The summed E-state index contributed by atoms with van der Waals surface area (Å²) >= 11 is 5.97. The number of methoxy groups -OCH3 is 1. The Balaban J connectivity index is 1.81. The highest BCUT2D eigenvalue weighted by molar-refractivity contribution is 6.30. The minimum absolute atomic E-state index is 0.0777. The predicted octanol–water partition coefficient (Wildman–Crippen LogP) is 3.77. The molecule has 3 rings (SSSR count). The summed E-state index contributed by atoms with van der Waals surface area (Å²) in [6.07, 6.45) is 1.47. The molecule has 10 heteroatoms. The maximum Gasteiger partial charge on any atom is 0.259 e. The van der Waals surface area contributed by atoms with Crippen LogP contribution < -0.4 is 20.3 Å². The molecule has 0 unspecified atom stereocenters. The zero-order chi connectivity index (χ0) is 25.5. The molecule has 0 bridgehead atoms. The number of anilines is 3. The number of carbonyl (C=O) groups excluding carboxylic acids is 3. The fourth-order valence-electron chi connectivity index (χ4n) is 3.22. The van der Waals surface area contributed by atoms with Gasteiger partial charge < -0.3 is 25.2 Å². The number of ether oxygens (including phenoxy) is 1. The van der Waals surface area contributed by atoms with Gasteiger partial charge >= 0.3 is 0 Å². The number of rotatable bonds is 8. The quantitative estimate of drug-likeness (QED) is 0.493. The van der Waals surface area contributed by atoms with Gasteiger partial charge in [-0.05, 0) is 62.6 Å². The molecule has 1 aromatic heterocycles. The first-order valence-electron chi connectivity index (χ1n) is 10.6. The number of pyridine rings is 1. The lowest BCUT2D eigenvalue weighted by Crippen LogP contribution is -2.35. The van der Waals surface area contributed by atoms with Gasteiger partial charge in [-0.25, -0.2) is 4.98 Å². The van der Waals surface area contributed by atoms with E-state index in [0.717, 1.165) is 0 Å². The molecule has 3 amide bonds. The van der Waals surface area contributed by atoms with Crippen molar-refractivity contribution in [3.8, 4) is 5.75 Å². The van der Waals surface area contributed by atoms with Gasteiger partial charge in [0.1, 0.15) is 11.6 Å². The smallest absolute Gasteiger partial charge is 0.259 e. The minimum Gasteiger partial charge on any atom is -0.495 e. The number of aromatic nitrogens is 1. The van der Waals surface area contributed by atoms with Gasteiger partial charge in [-0.1, -0.05) is 17.7 Å². The zero-order valence-electron chi connectivity index (χ0n) is 19.8. The number of halogens is 1. The minimum atomic E-state index is -0.495. The van der Waals surface area contributed by atoms with E-state index in [9.17, 15) is 14.4 Å². The van der Waals surface area contributed by atoms with Gasteiger partial charge in [0.25, 0.3) is 11.8 Å². The topological polar surface area (TPSA) is 104 Å². The van der Waals surface area contributed by atoms with Crippen LogP contribution in [0.4, 0.5) is 17.2 Å². The summed E-state index contributed by atoms with van der Waals surface area (Å²) < 4.78 is 5.37. The third-order valence-corrected chi connectivity index (χ3v) is 5.27. The first-order valence-corrected chi connectivity index (χ1v) is 11.0. The molecule has 2 aromatic carbocycles. The van der Waals surface area contributed by atoms with Crippen molar-refractivity contribution in [2.75, 3.05) is 50.3 Å². The molecule has 9 nitrogen and oxygen atoms in total. The first kappa shape index (κ1) is 25.7. The lowest BCUT2D eigenvalue weighted by atomic mass is 10.1. The lowest BCUT2D eigenvalue weighted by molar-refractivity contribution is -0.118. The van der Waals surface area contributed by atoms with Crippen LogP contribution in [0.1, 0.15) is 20.7 Å². The molecule has 35 heavy (non-hydrogen) atoms. The van der Waals surface area contributed by atoms with Crippen LogP contribution in [0, 0.1) is 0 Å². The Bertz CT molecular complexity index is 1230. The Morgan fingerprint density at radius 1 is 0.971 bits per heavy atom. The molecule has 0 saturated carbocycles. The van der Waals surface area contributed by atoms with Gasteiger partial charge in [-0.15, -0.1) is 0 Å². The number of nitrogens with one attached hydrogen (secondary N) is 2. The van der Waals surface area contributed by atoms with Crippen molar-refractivity contribution < 1.29 is 19.1 Å². The molecule has 182 valence electrons. The molecule has 0 spiro atoms. The molecular weight excluding hydrogens is 470 g/mol. The molecule has 0 atom stereocenters. The van der Waals surface area contributed by atoms with Gasteiger partial charge in [0, 0.05) is 29.5 Å². The largest absolute Gasteiger partial charge is 0.495 e. The Morgan fingerprint density at radius 2 is 1.69 bits per heavy atom. The number of para-hydroxylation sites is 1. The molecule has 3 aromatic rings. The highest BCUT2D eigenvalue weighted by Gasteiger charge is 2.20. The van der Waals surface area contributed by atoms with Gasteiger partial charge in [0.15, 0.2) is 0 Å². The SMILES string of the molecule is COc1cccc(C(=O)Nc2cc(Cl)ccn2)c1NC(=O)c1ccc(N(C)C(=O)CN(C)C)cc1. The zero-order valence-corrected chi connectivity index (χ0v) is 20.6. The van der Waals surface area contributed by atoms with E-state index in [-0.39, 0.29) is 29.5 Å². The number of hydrogen-bond donors (Lipinski definition) is 2. The molecule has 0 aliphatic carbocycles. The van der Waals surface area contributed by atoms with Crippen molar-refractivity contribution in [3.05, 3.63) is 76.9 Å². The normalized spacial score (nSPS) is 10.6. The van der Waals surface area contributed by atoms with Crippen molar-refractivity contribution in [1.29, 1.82) is 0 Å². The summed E-state index contributed by atoms with van der Waals surface area (Å²) in [6, 6.07) is 14.5. The summed E-state index contributed by atoms with van der Waals surface area (Å²) in [6.45, 7) is 0.266. The number of amides is 3. The fourth-order valence-corrected chi connectivity index (χ4v) is 3.38. The van der Waals surface area contributed by atoms with Crippen molar-refractivity contribution in [2.24, 2.45) is 0 Å². The van der Waals surface area contributed by atoms with E-state index in [1.807, 2.05) is 14.1 Å². The molecule has 0 aliphatic heterocycles. The fraction of sp³-hybridized carbons (Fsp3) is 0.200. The van der Waals surface area contributed by atoms with Crippen LogP contribution in [0.25, 0.3) is 0 Å². The number of benzene rings is 2. The van der Waals surface area contributed by atoms with Crippen LogP contribution in [0.15, 0.2) is 60.8 Å². The second-order valence-electron chi connectivity index (χ2n) is 7.89. The van der Waals surface area contributed by atoms with Crippen LogP contribution in [0.2, 0.25) is 5.02 Å². The summed E-state index contributed by atoms with van der Waals surface area (Å²) in [5.41, 5.74) is 1.39. The van der Waals surface area contributed by atoms with Crippen molar-refractivity contribution in [2.45, 2.75) is 0 Å². The van der Waals surface area contributed by atoms with Crippen LogP contribution in [-0.4, -0.2) is 62.4 Å². The van der Waals surface area contributed by atoms with Crippen LogP contribution >= 0.6 is 11.6 Å². The van der Waals surface area contributed by atoms with E-state index in [1.165, 1.54) is 24.3 Å². The van der Waals surface area contributed by atoms with Gasteiger partial charge in [-0.3, -0.25) is 14.4 Å². The molecule has 0 radical (unpaired) electrons. The van der Waals surface area contributed by atoms with E-state index in [0.29, 0.717) is 22.0 Å². The maximum absolute atomic E-state index is 13.0. The Morgan fingerprint density at radius 3 is 2.31 bits per heavy atom. The molecule has 2 N–H and O–H groups in total. The first-order chi connectivity index (χ1) is 16.7. The number of likely N-dealkylation sites (N-methyl/N-ethyl adjacent to an activating group) is 2. The second-order valence-corrected chi connectivity index (χ2v) is 8.32. The highest BCUT2D eigenvalue weighted by atomic mass is 35.5. The van der Waals surface area contributed by atoms with Crippen LogP contribution in [0.3, 0.4) is 0 Å². The summed E-state index contributed by atoms with van der Waals surface area (Å²) in [5.74, 6) is -0.434. The average Bonchev–Trinajstić information content (AvgIpc) is 2.83. The summed E-state index contributed by atoms with van der Waals surface area (Å²) in [4.78, 5) is 45.6. The summed E-state index contributed by atoms with van der Waals surface area (Å²) in [5, 5.41) is 5.85. The molecular formula is C25H26ClN5O4. The third kappa shape index (κ3) is 6.56. The number of hydrogen-bond acceptors (Lipinski definition) is 6. The molecule has 0 aliphatic rings. The molecule has 0 saturated heterocycles. The van der Waals surface area contributed by atoms with Gasteiger partial charge in [-0.2, -0.15) is 0 Å². The number of nitrogens with zero attached hydrogens (tertiary/aromatic N) is 3. The van der Waals surface area contributed by atoms with Crippen molar-refractivity contribution >= 4 is 46.5 Å². The number of carbonyl (C=O) groups is 3. The second kappa shape index (κ2) is 11.5. The monoisotopic (exact) mass is 495 g/mol. The van der Waals surface area contributed by atoms with Crippen molar-refractivity contribution in [3.63, 3.8) is 0 Å². The lowest BCUT2D eigenvalue weighted by Gasteiger charge is -2.20. The van der Waals surface area contributed by atoms with E-state index >= 15 is 0 Å². The third-order valence-electron chi connectivity index (χ3n) is 5.04. The van der Waals surface area contributed by atoms with Gasteiger partial charge in [0.2, 0.25) is 5.91 Å².